The minimum Gasteiger partial charge on any atom is -0.382 e. The fourth-order valence-corrected chi connectivity index (χ4v) is 1.69. The molecular weight excluding hydrogens is 248 g/mol. The van der Waals surface area contributed by atoms with Gasteiger partial charge in [-0.25, -0.2) is 0 Å². The average Bonchev–Trinajstić information content (AvgIpc) is 2.14. The minimum atomic E-state index is -3.84. The van der Waals surface area contributed by atoms with Gasteiger partial charge < -0.3 is 15.7 Å². The Morgan fingerprint density at radius 3 is 2.18 bits per heavy atom. The molecule has 0 unspecified atom stereocenters. The molecule has 1 aromatic carbocycles. The van der Waals surface area contributed by atoms with Gasteiger partial charge in [0.25, 0.3) is 5.91 Å². The number of rotatable bonds is 4. The van der Waals surface area contributed by atoms with Crippen LogP contribution in [0.5, 0.6) is 5.75 Å². The largest absolute Gasteiger partial charge is 0.382 e. The van der Waals surface area contributed by atoms with E-state index in [1.807, 2.05) is 0 Å². The highest BCUT2D eigenvalue weighted by atomic mass is 32.2. The van der Waals surface area contributed by atoms with E-state index in [4.69, 9.17) is 11.5 Å². The number of carbonyl (C=O) groups excluding carboxylic acids is 2. The predicted molar refractivity (Wildman–Crippen MR) is 58.9 cm³/mol. The molecule has 1 aromatic rings. The van der Waals surface area contributed by atoms with Crippen LogP contribution < -0.4 is 15.7 Å². The van der Waals surface area contributed by atoms with Gasteiger partial charge in [0.05, 0.1) is 17.4 Å². The molecule has 0 aromatic heterocycles. The van der Waals surface area contributed by atoms with Crippen LogP contribution in [0.2, 0.25) is 0 Å². The molecule has 17 heavy (non-hydrogen) atoms. The van der Waals surface area contributed by atoms with E-state index in [1.165, 1.54) is 18.2 Å². The van der Waals surface area contributed by atoms with Crippen molar-refractivity contribution in [2.24, 2.45) is 11.5 Å². The van der Waals surface area contributed by atoms with Crippen LogP contribution in [0, 0.1) is 0 Å². The first-order valence-electron chi connectivity index (χ1n) is 4.34. The molecule has 1 rings (SSSR count). The number of primary amides is 2. The Bertz CT molecular complexity index is 579. The molecule has 0 saturated carbocycles. The van der Waals surface area contributed by atoms with Crippen LogP contribution in [0.15, 0.2) is 18.2 Å². The lowest BCUT2D eigenvalue weighted by Crippen LogP contribution is -2.22. The molecule has 0 heterocycles. The lowest BCUT2D eigenvalue weighted by Gasteiger charge is -2.09. The molecule has 4 N–H and O–H groups in total. The van der Waals surface area contributed by atoms with Gasteiger partial charge >= 0.3 is 10.1 Å². The summed E-state index contributed by atoms with van der Waals surface area (Å²) in [5.74, 6) is -2.23. The number of nitrogens with two attached hydrogens (primary N) is 2. The molecule has 0 saturated heterocycles. The van der Waals surface area contributed by atoms with Crippen molar-refractivity contribution in [1.82, 2.24) is 0 Å². The van der Waals surface area contributed by atoms with Gasteiger partial charge in [-0.1, -0.05) is 6.07 Å². The molecule has 0 aliphatic carbocycles. The van der Waals surface area contributed by atoms with Crippen molar-refractivity contribution in [3.63, 3.8) is 0 Å². The molecule has 0 radical (unpaired) electrons. The zero-order chi connectivity index (χ0) is 13.2. The second-order valence-electron chi connectivity index (χ2n) is 3.19. The minimum absolute atomic E-state index is 0.196. The van der Waals surface area contributed by atoms with Gasteiger partial charge in [0.15, 0.2) is 5.75 Å². The zero-order valence-corrected chi connectivity index (χ0v) is 9.65. The summed E-state index contributed by atoms with van der Waals surface area (Å²) >= 11 is 0. The molecule has 0 aliphatic heterocycles. The maximum absolute atomic E-state index is 11.2. The number of hydrogen-bond acceptors (Lipinski definition) is 5. The molecule has 0 spiro atoms. The van der Waals surface area contributed by atoms with Crippen molar-refractivity contribution in [2.45, 2.75) is 0 Å². The standard InChI is InChI=1S/C9H10N2O5S/c1-17(14,15)16-6-4-2-3-5(8(10)12)7(6)9(11)13/h2-4H,1H3,(H2,10,12)(H2,11,13). The maximum Gasteiger partial charge on any atom is 0.306 e. The molecule has 7 nitrogen and oxygen atoms in total. The van der Waals surface area contributed by atoms with E-state index in [-0.39, 0.29) is 16.9 Å². The smallest absolute Gasteiger partial charge is 0.306 e. The van der Waals surface area contributed by atoms with Crippen molar-refractivity contribution in [3.8, 4) is 5.75 Å². The Hall–Kier alpha value is -2.09. The van der Waals surface area contributed by atoms with E-state index in [0.29, 0.717) is 0 Å². The van der Waals surface area contributed by atoms with Crippen molar-refractivity contribution in [1.29, 1.82) is 0 Å². The highest BCUT2D eigenvalue weighted by Gasteiger charge is 2.20. The Morgan fingerprint density at radius 2 is 1.76 bits per heavy atom. The molecule has 0 fully saturated rings. The number of benzene rings is 1. The lowest BCUT2D eigenvalue weighted by atomic mass is 10.1. The highest BCUT2D eigenvalue weighted by molar-refractivity contribution is 7.86. The summed E-state index contributed by atoms with van der Waals surface area (Å²) in [4.78, 5) is 22.2. The summed E-state index contributed by atoms with van der Waals surface area (Å²) in [6, 6.07) is 3.78. The monoisotopic (exact) mass is 258 g/mol. The summed E-state index contributed by atoms with van der Waals surface area (Å²) in [5.41, 5.74) is 9.53. The second-order valence-corrected chi connectivity index (χ2v) is 4.77. The van der Waals surface area contributed by atoms with E-state index in [0.717, 1.165) is 6.26 Å². The first kappa shape index (κ1) is 13.0. The van der Waals surface area contributed by atoms with Crippen LogP contribution in [0.4, 0.5) is 0 Å². The Balaban J connectivity index is 3.46. The normalized spacial score (nSPS) is 10.9. The summed E-state index contributed by atoms with van der Waals surface area (Å²) < 4.78 is 26.5. The molecule has 2 amide bonds. The number of hydrogen-bond donors (Lipinski definition) is 2. The van der Waals surface area contributed by atoms with E-state index >= 15 is 0 Å². The SMILES string of the molecule is CS(=O)(=O)Oc1cccc(C(N)=O)c1C(N)=O. The van der Waals surface area contributed by atoms with E-state index in [9.17, 15) is 18.0 Å². The topological polar surface area (TPSA) is 130 Å². The van der Waals surface area contributed by atoms with Gasteiger partial charge in [-0.2, -0.15) is 8.42 Å². The van der Waals surface area contributed by atoms with Crippen molar-refractivity contribution >= 4 is 21.9 Å². The zero-order valence-electron chi connectivity index (χ0n) is 8.84. The Labute approximate surface area is 97.5 Å². The Kier molecular flexibility index (Phi) is 3.37. The fourth-order valence-electron chi connectivity index (χ4n) is 1.22. The summed E-state index contributed by atoms with van der Waals surface area (Å²) in [5, 5.41) is 0. The van der Waals surface area contributed by atoms with Gasteiger partial charge in [0.1, 0.15) is 0 Å². The third kappa shape index (κ3) is 3.18. The Morgan fingerprint density at radius 1 is 1.18 bits per heavy atom. The fraction of sp³-hybridized carbons (Fsp3) is 0.111. The van der Waals surface area contributed by atoms with Crippen LogP contribution in [0.3, 0.4) is 0 Å². The first-order chi connectivity index (χ1) is 7.72. The van der Waals surface area contributed by atoms with Crippen LogP contribution in [0.1, 0.15) is 20.7 Å². The van der Waals surface area contributed by atoms with Crippen molar-refractivity contribution in [2.75, 3.05) is 6.26 Å². The van der Waals surface area contributed by atoms with Crippen LogP contribution in [0.25, 0.3) is 0 Å². The molecule has 92 valence electrons. The van der Waals surface area contributed by atoms with E-state index in [2.05, 4.69) is 4.18 Å². The highest BCUT2D eigenvalue weighted by Crippen LogP contribution is 2.23. The molecule has 8 heteroatoms. The number of amides is 2. The third-order valence-corrected chi connectivity index (χ3v) is 2.26. The quantitative estimate of drug-likeness (QED) is 0.684. The number of carbonyl (C=O) groups is 2. The molecule has 0 bridgehead atoms. The average molecular weight is 258 g/mol. The van der Waals surface area contributed by atoms with Crippen LogP contribution >= 0.6 is 0 Å². The van der Waals surface area contributed by atoms with Crippen LogP contribution in [-0.4, -0.2) is 26.5 Å². The third-order valence-electron chi connectivity index (χ3n) is 1.78. The van der Waals surface area contributed by atoms with Crippen molar-refractivity contribution in [3.05, 3.63) is 29.3 Å². The summed E-state index contributed by atoms with van der Waals surface area (Å²) in [7, 11) is -3.84. The second kappa shape index (κ2) is 4.42. The van der Waals surface area contributed by atoms with Gasteiger partial charge in [-0.3, -0.25) is 9.59 Å². The van der Waals surface area contributed by atoms with Gasteiger partial charge in [0, 0.05) is 0 Å². The van der Waals surface area contributed by atoms with Gasteiger partial charge in [-0.15, -0.1) is 0 Å². The van der Waals surface area contributed by atoms with Gasteiger partial charge in [-0.05, 0) is 12.1 Å². The molecule has 0 aliphatic rings. The lowest BCUT2D eigenvalue weighted by molar-refractivity contribution is 0.0966. The molecular formula is C9H10N2O5S. The maximum atomic E-state index is 11.2. The van der Waals surface area contributed by atoms with E-state index < -0.39 is 21.9 Å². The summed E-state index contributed by atoms with van der Waals surface area (Å²) in [6.07, 6.45) is 0.800. The predicted octanol–water partition coefficient (Wildman–Crippen LogP) is -0.777. The van der Waals surface area contributed by atoms with Crippen LogP contribution in [-0.2, 0) is 10.1 Å². The first-order valence-corrected chi connectivity index (χ1v) is 6.16. The summed E-state index contributed by atoms with van der Waals surface area (Å²) in [6.45, 7) is 0. The molecule has 0 atom stereocenters. The van der Waals surface area contributed by atoms with Crippen molar-refractivity contribution < 1.29 is 22.2 Å². The van der Waals surface area contributed by atoms with E-state index in [1.54, 1.807) is 0 Å². The van der Waals surface area contributed by atoms with Gasteiger partial charge in [0.2, 0.25) is 5.91 Å².